The number of nitrogens with zero attached hydrogens (tertiary/aromatic N) is 1. The van der Waals surface area contributed by atoms with Crippen molar-refractivity contribution in [2.24, 2.45) is 0 Å². The minimum absolute atomic E-state index is 0.00672. The van der Waals surface area contributed by atoms with Crippen LogP contribution in [-0.2, 0) is 14.9 Å². The minimum Gasteiger partial charge on any atom is -0.505 e. The third kappa shape index (κ3) is 4.35. The average molecular weight is 291 g/mol. The Morgan fingerprint density at radius 3 is 2.74 bits per heavy atom. The fraction of sp³-hybridized carbons (Fsp3) is 0.333. The standard InChI is InChI=1S/C9H13N3O6S/c1-18-6-5-10-19(16,17)11-9-7(12(14)15)3-2-4-8(9)13/h2-4,10-11,13H,5-6H2,1H3. The molecule has 3 N–H and O–H groups in total. The lowest BCUT2D eigenvalue weighted by atomic mass is 10.2. The van der Waals surface area contributed by atoms with Crippen molar-refractivity contribution < 1.29 is 23.2 Å². The fourth-order valence-corrected chi connectivity index (χ4v) is 2.14. The lowest BCUT2D eigenvalue weighted by Crippen LogP contribution is -2.32. The lowest BCUT2D eigenvalue weighted by molar-refractivity contribution is -0.383. The Balaban J connectivity index is 2.95. The Hall–Kier alpha value is -1.91. The summed E-state index contributed by atoms with van der Waals surface area (Å²) in [7, 11) is -2.63. The predicted molar refractivity (Wildman–Crippen MR) is 67.2 cm³/mol. The topological polar surface area (TPSA) is 131 Å². The molecule has 1 rings (SSSR count). The molecule has 0 amide bonds. The van der Waals surface area contributed by atoms with Gasteiger partial charge in [0.25, 0.3) is 15.9 Å². The first kappa shape index (κ1) is 15.1. The Bertz CT molecular complexity index is 559. The molecule has 19 heavy (non-hydrogen) atoms. The molecule has 9 nitrogen and oxygen atoms in total. The molecule has 0 heterocycles. The van der Waals surface area contributed by atoms with Crippen molar-refractivity contribution in [2.45, 2.75) is 0 Å². The van der Waals surface area contributed by atoms with Gasteiger partial charge in [0.2, 0.25) is 0 Å². The monoisotopic (exact) mass is 291 g/mol. The van der Waals surface area contributed by atoms with Crippen LogP contribution in [0.2, 0.25) is 0 Å². The number of para-hydroxylation sites is 1. The lowest BCUT2D eigenvalue weighted by Gasteiger charge is -2.10. The van der Waals surface area contributed by atoms with E-state index >= 15 is 0 Å². The van der Waals surface area contributed by atoms with E-state index in [4.69, 9.17) is 0 Å². The highest BCUT2D eigenvalue weighted by Gasteiger charge is 2.21. The molecule has 0 aromatic heterocycles. The molecule has 0 radical (unpaired) electrons. The van der Waals surface area contributed by atoms with Gasteiger partial charge >= 0.3 is 0 Å². The Kier molecular flexibility index (Phi) is 5.03. The number of nitro groups is 1. The maximum atomic E-state index is 11.6. The van der Waals surface area contributed by atoms with Crippen molar-refractivity contribution in [1.29, 1.82) is 0 Å². The third-order valence-corrected chi connectivity index (χ3v) is 3.11. The summed E-state index contributed by atoms with van der Waals surface area (Å²) < 4.78 is 31.9. The molecule has 0 aliphatic carbocycles. The van der Waals surface area contributed by atoms with E-state index < -0.39 is 32.3 Å². The van der Waals surface area contributed by atoms with Gasteiger partial charge in [0.05, 0.1) is 11.5 Å². The zero-order valence-electron chi connectivity index (χ0n) is 9.99. The number of phenolic OH excluding ortho intramolecular Hbond substituents is 1. The number of nitrogens with one attached hydrogen (secondary N) is 2. The molecule has 0 fully saturated rings. The summed E-state index contributed by atoms with van der Waals surface area (Å²) in [6.07, 6.45) is 0. The smallest absolute Gasteiger partial charge is 0.299 e. The fourth-order valence-electron chi connectivity index (χ4n) is 1.23. The highest BCUT2D eigenvalue weighted by molar-refractivity contribution is 7.90. The number of benzene rings is 1. The van der Waals surface area contributed by atoms with Crippen molar-refractivity contribution in [2.75, 3.05) is 25.0 Å². The van der Waals surface area contributed by atoms with Crippen molar-refractivity contribution >= 4 is 21.6 Å². The summed E-state index contributed by atoms with van der Waals surface area (Å²) in [6, 6.07) is 3.45. The summed E-state index contributed by atoms with van der Waals surface area (Å²) in [5, 5.41) is 20.2. The highest BCUT2D eigenvalue weighted by atomic mass is 32.2. The van der Waals surface area contributed by atoms with Gasteiger partial charge in [-0.2, -0.15) is 13.1 Å². The van der Waals surface area contributed by atoms with Crippen LogP contribution in [0.25, 0.3) is 0 Å². The number of hydrogen-bond donors (Lipinski definition) is 3. The number of rotatable bonds is 7. The number of aromatic hydroxyl groups is 1. The highest BCUT2D eigenvalue weighted by Crippen LogP contribution is 2.33. The molecule has 0 bridgehead atoms. The molecule has 1 aromatic carbocycles. The van der Waals surface area contributed by atoms with Crippen LogP contribution in [0.1, 0.15) is 0 Å². The number of ether oxygens (including phenoxy) is 1. The first-order valence-corrected chi connectivity index (χ1v) is 6.58. The van der Waals surface area contributed by atoms with Gasteiger partial charge < -0.3 is 9.84 Å². The van der Waals surface area contributed by atoms with Gasteiger partial charge in [-0.3, -0.25) is 14.8 Å². The molecule has 10 heteroatoms. The van der Waals surface area contributed by atoms with Crippen molar-refractivity contribution in [1.82, 2.24) is 4.72 Å². The van der Waals surface area contributed by atoms with E-state index in [0.717, 1.165) is 12.1 Å². The van der Waals surface area contributed by atoms with Gasteiger partial charge in [-0.1, -0.05) is 6.07 Å². The summed E-state index contributed by atoms with van der Waals surface area (Å²) in [5.41, 5.74) is -1.03. The Labute approximate surface area is 109 Å². The van der Waals surface area contributed by atoms with Crippen LogP contribution in [0, 0.1) is 10.1 Å². The normalized spacial score (nSPS) is 11.2. The van der Waals surface area contributed by atoms with Crippen molar-refractivity contribution in [3.8, 4) is 5.75 Å². The summed E-state index contributed by atoms with van der Waals surface area (Å²) in [4.78, 5) is 9.94. The first-order chi connectivity index (χ1) is 8.87. The maximum absolute atomic E-state index is 11.6. The van der Waals surface area contributed by atoms with Gasteiger partial charge in [-0.15, -0.1) is 0 Å². The number of hydrogen-bond acceptors (Lipinski definition) is 6. The largest absolute Gasteiger partial charge is 0.505 e. The molecule has 0 spiro atoms. The van der Waals surface area contributed by atoms with E-state index in [9.17, 15) is 23.6 Å². The number of phenols is 1. The van der Waals surface area contributed by atoms with E-state index in [0.29, 0.717) is 0 Å². The van der Waals surface area contributed by atoms with E-state index in [1.165, 1.54) is 13.2 Å². The Morgan fingerprint density at radius 2 is 2.16 bits per heavy atom. The van der Waals surface area contributed by atoms with Gasteiger partial charge in [0.15, 0.2) is 5.69 Å². The molecular formula is C9H13N3O6S. The minimum atomic E-state index is -4.03. The van der Waals surface area contributed by atoms with Gasteiger partial charge in [-0.05, 0) is 6.07 Å². The molecule has 0 atom stereocenters. The van der Waals surface area contributed by atoms with Crippen LogP contribution in [-0.4, -0.2) is 38.7 Å². The summed E-state index contributed by atoms with van der Waals surface area (Å²) >= 11 is 0. The van der Waals surface area contributed by atoms with Crippen LogP contribution in [0.3, 0.4) is 0 Å². The zero-order chi connectivity index (χ0) is 14.5. The molecule has 0 aliphatic heterocycles. The quantitative estimate of drug-likeness (QED) is 0.284. The SMILES string of the molecule is COCCNS(=O)(=O)Nc1c(O)cccc1[N+](=O)[O-]. The van der Waals surface area contributed by atoms with Crippen LogP contribution in [0.15, 0.2) is 18.2 Å². The third-order valence-electron chi connectivity index (χ3n) is 2.05. The van der Waals surface area contributed by atoms with Crippen molar-refractivity contribution in [3.05, 3.63) is 28.3 Å². The molecule has 1 aromatic rings. The van der Waals surface area contributed by atoms with Crippen LogP contribution >= 0.6 is 0 Å². The number of methoxy groups -OCH3 is 1. The molecular weight excluding hydrogens is 278 g/mol. The van der Waals surface area contributed by atoms with Gasteiger partial charge in [-0.25, -0.2) is 0 Å². The molecule has 0 saturated carbocycles. The second kappa shape index (κ2) is 6.31. The second-order valence-electron chi connectivity index (χ2n) is 3.42. The van der Waals surface area contributed by atoms with E-state index in [-0.39, 0.29) is 13.2 Å². The van der Waals surface area contributed by atoms with Crippen LogP contribution < -0.4 is 9.44 Å². The second-order valence-corrected chi connectivity index (χ2v) is 4.92. The number of anilines is 1. The number of nitro benzene ring substituents is 1. The zero-order valence-corrected chi connectivity index (χ0v) is 10.8. The van der Waals surface area contributed by atoms with E-state index in [1.54, 1.807) is 0 Å². The predicted octanol–water partition coefficient (Wildman–Crippen LogP) is 0.193. The molecule has 106 valence electrons. The van der Waals surface area contributed by atoms with Gasteiger partial charge in [0, 0.05) is 19.7 Å². The summed E-state index contributed by atoms with van der Waals surface area (Å²) in [6.45, 7) is 0.136. The molecule has 0 aliphatic rings. The van der Waals surface area contributed by atoms with Crippen LogP contribution in [0.5, 0.6) is 5.75 Å². The molecule has 0 saturated heterocycles. The van der Waals surface area contributed by atoms with Gasteiger partial charge in [0.1, 0.15) is 5.75 Å². The van der Waals surface area contributed by atoms with Crippen molar-refractivity contribution in [3.63, 3.8) is 0 Å². The summed E-state index contributed by atoms with van der Waals surface area (Å²) in [5.74, 6) is -0.536. The van der Waals surface area contributed by atoms with Crippen LogP contribution in [0.4, 0.5) is 11.4 Å². The average Bonchev–Trinajstić information content (AvgIpc) is 2.31. The molecule has 0 unspecified atom stereocenters. The van der Waals surface area contributed by atoms with E-state index in [2.05, 4.69) is 9.46 Å². The van der Waals surface area contributed by atoms with E-state index in [1.807, 2.05) is 4.72 Å². The first-order valence-electron chi connectivity index (χ1n) is 5.10. The maximum Gasteiger partial charge on any atom is 0.299 e. The Morgan fingerprint density at radius 1 is 1.47 bits per heavy atom.